The van der Waals surface area contributed by atoms with Crippen molar-refractivity contribution < 1.29 is 0 Å². The maximum absolute atomic E-state index is 13.4. The minimum Gasteiger partial charge on any atom is -0.309 e. The van der Waals surface area contributed by atoms with Crippen molar-refractivity contribution in [2.75, 3.05) is 0 Å². The molecule has 0 unspecified atom stereocenters. The average Bonchev–Trinajstić information content (AvgIpc) is 2.78. The summed E-state index contributed by atoms with van der Waals surface area (Å²) in [7, 11) is 0. The summed E-state index contributed by atoms with van der Waals surface area (Å²) in [5, 5.41) is 1.47. The molecule has 4 heterocycles. The van der Waals surface area contributed by atoms with Crippen molar-refractivity contribution in [1.29, 1.82) is 0 Å². The Morgan fingerprint density at radius 2 is 1.71 bits per heavy atom. The fraction of sp³-hybridized carbons (Fsp3) is 0.120. The first kappa shape index (κ1) is 18.9. The SMILES string of the molecule is Cc1ccc(-n2ccc3ncc4c(=O)n(Cc5ccccn5)ccc4c3c2=O)cc1C. The van der Waals surface area contributed by atoms with Gasteiger partial charge >= 0.3 is 0 Å². The molecule has 0 aliphatic carbocycles. The summed E-state index contributed by atoms with van der Waals surface area (Å²) < 4.78 is 3.19. The number of pyridine rings is 4. The lowest BCUT2D eigenvalue weighted by Gasteiger charge is -2.11. The molecule has 0 spiro atoms. The molecule has 0 saturated heterocycles. The molecule has 5 rings (SSSR count). The molecule has 31 heavy (non-hydrogen) atoms. The second kappa shape index (κ2) is 7.32. The molecule has 0 radical (unpaired) electrons. The lowest BCUT2D eigenvalue weighted by Crippen LogP contribution is -2.22. The van der Waals surface area contributed by atoms with Crippen LogP contribution in [0.1, 0.15) is 16.8 Å². The summed E-state index contributed by atoms with van der Waals surface area (Å²) in [6, 6.07) is 15.1. The van der Waals surface area contributed by atoms with Gasteiger partial charge < -0.3 is 4.57 Å². The predicted octanol–water partition coefficient (Wildman–Crippen LogP) is 3.76. The second-order valence-corrected chi connectivity index (χ2v) is 7.68. The van der Waals surface area contributed by atoms with Crippen molar-refractivity contribution in [3.05, 3.63) is 111 Å². The molecule has 1 aromatic carbocycles. The molecular formula is C25H20N4O2. The number of hydrogen-bond donors (Lipinski definition) is 0. The molecule has 152 valence electrons. The third-order valence-electron chi connectivity index (χ3n) is 5.70. The van der Waals surface area contributed by atoms with Crippen LogP contribution in [0.25, 0.3) is 27.4 Å². The normalized spacial score (nSPS) is 11.3. The van der Waals surface area contributed by atoms with E-state index < -0.39 is 0 Å². The summed E-state index contributed by atoms with van der Waals surface area (Å²) in [6.45, 7) is 4.41. The van der Waals surface area contributed by atoms with Gasteiger partial charge in [0, 0.05) is 35.9 Å². The molecule has 0 saturated carbocycles. The van der Waals surface area contributed by atoms with Gasteiger partial charge in [-0.1, -0.05) is 12.1 Å². The Morgan fingerprint density at radius 3 is 2.48 bits per heavy atom. The first-order valence-electron chi connectivity index (χ1n) is 10.0. The van der Waals surface area contributed by atoms with Crippen molar-refractivity contribution in [2.24, 2.45) is 0 Å². The van der Waals surface area contributed by atoms with E-state index in [-0.39, 0.29) is 11.1 Å². The van der Waals surface area contributed by atoms with Crippen LogP contribution in [-0.2, 0) is 6.54 Å². The molecule has 0 N–H and O–H groups in total. The molecule has 6 nitrogen and oxygen atoms in total. The highest BCUT2D eigenvalue weighted by atomic mass is 16.1. The molecule has 0 fully saturated rings. The van der Waals surface area contributed by atoms with E-state index in [2.05, 4.69) is 9.97 Å². The highest BCUT2D eigenvalue weighted by molar-refractivity contribution is 6.04. The lowest BCUT2D eigenvalue weighted by molar-refractivity contribution is 0.747. The van der Waals surface area contributed by atoms with Crippen LogP contribution in [0.4, 0.5) is 0 Å². The molecule has 0 amide bonds. The molecular weight excluding hydrogens is 388 g/mol. The molecule has 4 aromatic heterocycles. The zero-order valence-electron chi connectivity index (χ0n) is 17.2. The van der Waals surface area contributed by atoms with Gasteiger partial charge in [0.15, 0.2) is 0 Å². The van der Waals surface area contributed by atoms with Crippen LogP contribution in [0.3, 0.4) is 0 Å². The van der Waals surface area contributed by atoms with Crippen molar-refractivity contribution >= 4 is 21.7 Å². The Morgan fingerprint density at radius 1 is 0.839 bits per heavy atom. The molecule has 5 aromatic rings. The maximum Gasteiger partial charge on any atom is 0.265 e. The molecule has 6 heteroatoms. The van der Waals surface area contributed by atoms with E-state index >= 15 is 0 Å². The standard InChI is InChI=1S/C25H20N4O2/c1-16-6-7-19(13-17(16)2)29-12-9-22-23(25(29)31)20-8-11-28(24(30)21(20)14-27-22)15-18-5-3-4-10-26-18/h3-14H,15H2,1-2H3. The van der Waals surface area contributed by atoms with Gasteiger partial charge in [0.25, 0.3) is 11.1 Å². The summed E-state index contributed by atoms with van der Waals surface area (Å²) >= 11 is 0. The minimum atomic E-state index is -0.196. The maximum atomic E-state index is 13.4. The third kappa shape index (κ3) is 3.22. The Hall–Kier alpha value is -4.06. The van der Waals surface area contributed by atoms with Gasteiger partial charge in [-0.15, -0.1) is 0 Å². The topological polar surface area (TPSA) is 69.8 Å². The fourth-order valence-electron chi connectivity index (χ4n) is 3.83. The largest absolute Gasteiger partial charge is 0.309 e. The van der Waals surface area contributed by atoms with E-state index in [0.29, 0.717) is 28.2 Å². The number of nitrogens with zero attached hydrogens (tertiary/aromatic N) is 4. The summed E-state index contributed by atoms with van der Waals surface area (Å²) in [4.78, 5) is 35.2. The quantitative estimate of drug-likeness (QED) is 0.426. The Balaban J connectivity index is 1.72. The first-order chi connectivity index (χ1) is 15.0. The van der Waals surface area contributed by atoms with Gasteiger partial charge in [0.1, 0.15) is 0 Å². The van der Waals surface area contributed by atoms with Crippen LogP contribution in [0.2, 0.25) is 0 Å². The van der Waals surface area contributed by atoms with Gasteiger partial charge in [-0.25, -0.2) is 0 Å². The van der Waals surface area contributed by atoms with E-state index in [1.165, 1.54) is 0 Å². The van der Waals surface area contributed by atoms with E-state index in [0.717, 1.165) is 22.5 Å². The van der Waals surface area contributed by atoms with Crippen molar-refractivity contribution in [3.63, 3.8) is 0 Å². The zero-order chi connectivity index (χ0) is 21.5. The second-order valence-electron chi connectivity index (χ2n) is 7.68. The van der Waals surface area contributed by atoms with Crippen molar-refractivity contribution in [2.45, 2.75) is 20.4 Å². The number of hydrogen-bond acceptors (Lipinski definition) is 4. The van der Waals surface area contributed by atoms with Crippen LogP contribution in [0.5, 0.6) is 0 Å². The van der Waals surface area contributed by atoms with Crippen LogP contribution in [-0.4, -0.2) is 19.1 Å². The molecule has 0 aliphatic rings. The van der Waals surface area contributed by atoms with Gasteiger partial charge in [-0.2, -0.15) is 0 Å². The predicted molar refractivity (Wildman–Crippen MR) is 122 cm³/mol. The Labute approximate surface area is 178 Å². The monoisotopic (exact) mass is 408 g/mol. The zero-order valence-corrected chi connectivity index (χ0v) is 17.2. The number of rotatable bonds is 3. The van der Waals surface area contributed by atoms with E-state index in [1.807, 2.05) is 62.4 Å². The van der Waals surface area contributed by atoms with E-state index in [9.17, 15) is 9.59 Å². The van der Waals surface area contributed by atoms with E-state index in [1.54, 1.807) is 33.9 Å². The van der Waals surface area contributed by atoms with Gasteiger partial charge in [0.05, 0.1) is 28.5 Å². The van der Waals surface area contributed by atoms with Gasteiger partial charge in [-0.05, 0) is 61.4 Å². The van der Waals surface area contributed by atoms with Gasteiger partial charge in [-0.3, -0.25) is 24.1 Å². The average molecular weight is 408 g/mol. The van der Waals surface area contributed by atoms with Crippen LogP contribution in [0, 0.1) is 13.8 Å². The number of aromatic nitrogens is 4. The van der Waals surface area contributed by atoms with E-state index in [4.69, 9.17) is 0 Å². The van der Waals surface area contributed by atoms with Crippen molar-refractivity contribution in [1.82, 2.24) is 19.1 Å². The summed E-state index contributed by atoms with van der Waals surface area (Å²) in [5.41, 5.74) is 4.03. The molecule has 0 aliphatic heterocycles. The van der Waals surface area contributed by atoms with Crippen LogP contribution < -0.4 is 11.1 Å². The smallest absolute Gasteiger partial charge is 0.265 e. The molecule has 0 atom stereocenters. The highest BCUT2D eigenvalue weighted by Crippen LogP contribution is 2.20. The summed E-state index contributed by atoms with van der Waals surface area (Å²) in [5.74, 6) is 0. The summed E-state index contributed by atoms with van der Waals surface area (Å²) in [6.07, 6.45) is 6.70. The fourth-order valence-corrected chi connectivity index (χ4v) is 3.83. The van der Waals surface area contributed by atoms with Crippen molar-refractivity contribution in [3.8, 4) is 5.69 Å². The number of aryl methyl sites for hydroxylation is 2. The first-order valence-corrected chi connectivity index (χ1v) is 10.0. The van der Waals surface area contributed by atoms with Crippen LogP contribution in [0.15, 0.2) is 82.9 Å². The number of benzene rings is 1. The highest BCUT2D eigenvalue weighted by Gasteiger charge is 2.13. The Bertz CT molecular complexity index is 1570. The molecule has 0 bridgehead atoms. The Kier molecular flexibility index (Phi) is 4.47. The lowest BCUT2D eigenvalue weighted by atomic mass is 10.1. The number of fused-ring (bicyclic) bond motifs is 3. The minimum absolute atomic E-state index is 0.194. The third-order valence-corrected chi connectivity index (χ3v) is 5.70. The van der Waals surface area contributed by atoms with Gasteiger partial charge in [0.2, 0.25) is 0 Å². The van der Waals surface area contributed by atoms with Crippen LogP contribution >= 0.6 is 0 Å².